The van der Waals surface area contributed by atoms with Crippen molar-refractivity contribution in [3.05, 3.63) is 24.2 Å². The zero-order valence-electron chi connectivity index (χ0n) is 14.1. The summed E-state index contributed by atoms with van der Waals surface area (Å²) in [6.07, 6.45) is 10.8. The average molecular weight is 333 g/mol. The summed E-state index contributed by atoms with van der Waals surface area (Å²) in [6, 6.07) is 2.00. The minimum absolute atomic E-state index is 0.0326. The van der Waals surface area contributed by atoms with Crippen molar-refractivity contribution < 1.29 is 14.0 Å². The summed E-state index contributed by atoms with van der Waals surface area (Å²) < 4.78 is 4.97. The number of amides is 3. The molecule has 0 aromatic carbocycles. The summed E-state index contributed by atoms with van der Waals surface area (Å²) in [6.45, 7) is 2.16. The fraction of sp³-hybridized carbons (Fsp3) is 0.667. The molecule has 2 heterocycles. The van der Waals surface area contributed by atoms with Crippen LogP contribution in [-0.4, -0.2) is 42.5 Å². The molecule has 6 nitrogen and oxygen atoms in total. The zero-order chi connectivity index (χ0) is 16.8. The fourth-order valence-electron chi connectivity index (χ4n) is 3.63. The Morgan fingerprint density at radius 1 is 1.12 bits per heavy atom. The molecule has 2 N–H and O–H groups in total. The van der Waals surface area contributed by atoms with Crippen molar-refractivity contribution in [3.8, 4) is 0 Å². The van der Waals surface area contributed by atoms with Crippen LogP contribution in [0.25, 0.3) is 0 Å². The number of rotatable bonds is 4. The molecule has 0 unspecified atom stereocenters. The second kappa shape index (κ2) is 8.22. The normalized spacial score (nSPS) is 19.9. The molecule has 0 spiro atoms. The third kappa shape index (κ3) is 4.52. The second-order valence-electron chi connectivity index (χ2n) is 6.94. The van der Waals surface area contributed by atoms with E-state index in [1.54, 1.807) is 6.07 Å². The Kier molecular flexibility index (Phi) is 5.77. The van der Waals surface area contributed by atoms with E-state index >= 15 is 0 Å². The number of furan rings is 1. The van der Waals surface area contributed by atoms with Crippen molar-refractivity contribution in [2.45, 2.75) is 51.0 Å². The monoisotopic (exact) mass is 333 g/mol. The smallest absolute Gasteiger partial charge is 0.315 e. The highest BCUT2D eigenvalue weighted by atomic mass is 16.3. The lowest BCUT2D eigenvalue weighted by molar-refractivity contribution is 0.0689. The van der Waals surface area contributed by atoms with Gasteiger partial charge in [-0.2, -0.15) is 0 Å². The number of likely N-dealkylation sites (tertiary alicyclic amines) is 1. The van der Waals surface area contributed by atoms with Gasteiger partial charge in [0.05, 0.1) is 11.8 Å². The molecular formula is C18H27N3O3. The highest BCUT2D eigenvalue weighted by Crippen LogP contribution is 2.19. The van der Waals surface area contributed by atoms with Gasteiger partial charge in [-0.15, -0.1) is 0 Å². The number of hydrogen-bond donors (Lipinski definition) is 2. The van der Waals surface area contributed by atoms with Crippen LogP contribution in [0.1, 0.15) is 55.3 Å². The Morgan fingerprint density at radius 2 is 1.88 bits per heavy atom. The molecule has 0 radical (unpaired) electrons. The summed E-state index contributed by atoms with van der Waals surface area (Å²) in [5, 5.41) is 6.08. The van der Waals surface area contributed by atoms with E-state index in [-0.39, 0.29) is 11.9 Å². The van der Waals surface area contributed by atoms with Gasteiger partial charge < -0.3 is 20.0 Å². The lowest BCUT2D eigenvalue weighted by Crippen LogP contribution is -2.46. The van der Waals surface area contributed by atoms with Crippen molar-refractivity contribution in [2.75, 3.05) is 19.6 Å². The molecular weight excluding hydrogens is 306 g/mol. The van der Waals surface area contributed by atoms with E-state index in [0.717, 1.165) is 38.8 Å². The second-order valence-corrected chi connectivity index (χ2v) is 6.94. The molecule has 1 aromatic heterocycles. The molecule has 1 aliphatic carbocycles. The van der Waals surface area contributed by atoms with Gasteiger partial charge in [0.25, 0.3) is 5.91 Å². The van der Waals surface area contributed by atoms with Crippen LogP contribution < -0.4 is 10.6 Å². The van der Waals surface area contributed by atoms with E-state index in [0.29, 0.717) is 24.1 Å². The van der Waals surface area contributed by atoms with Crippen LogP contribution in [0.15, 0.2) is 23.0 Å². The molecule has 2 aliphatic rings. The molecule has 1 aliphatic heterocycles. The van der Waals surface area contributed by atoms with Gasteiger partial charge in [0.1, 0.15) is 6.26 Å². The topological polar surface area (TPSA) is 74.6 Å². The van der Waals surface area contributed by atoms with Gasteiger partial charge >= 0.3 is 6.03 Å². The molecule has 6 heteroatoms. The molecule has 0 atom stereocenters. The lowest BCUT2D eigenvalue weighted by Gasteiger charge is -2.32. The average Bonchev–Trinajstić information content (AvgIpc) is 3.15. The maximum atomic E-state index is 12.2. The van der Waals surface area contributed by atoms with E-state index in [1.807, 2.05) is 4.90 Å². The third-order valence-corrected chi connectivity index (χ3v) is 5.16. The number of carbonyl (C=O) groups excluding carboxylic acids is 2. The standard InChI is InChI=1S/C18H27N3O3/c22-17(15-8-11-24-13-15)21-9-6-14(7-10-21)12-19-18(23)20-16-4-2-1-3-5-16/h8,11,13-14,16H,1-7,9-10,12H2,(H2,19,20,23). The van der Waals surface area contributed by atoms with E-state index in [1.165, 1.54) is 31.8 Å². The minimum atomic E-state index is -0.0428. The number of hydrogen-bond acceptors (Lipinski definition) is 3. The van der Waals surface area contributed by atoms with E-state index in [4.69, 9.17) is 4.42 Å². The molecule has 2 fully saturated rings. The molecule has 24 heavy (non-hydrogen) atoms. The summed E-state index contributed by atoms with van der Waals surface area (Å²) in [4.78, 5) is 26.1. The highest BCUT2D eigenvalue weighted by molar-refractivity contribution is 5.93. The van der Waals surface area contributed by atoms with Crippen LogP contribution in [-0.2, 0) is 0 Å². The molecule has 3 rings (SSSR count). The number of carbonyl (C=O) groups is 2. The van der Waals surface area contributed by atoms with Gasteiger partial charge in [0.2, 0.25) is 0 Å². The minimum Gasteiger partial charge on any atom is -0.472 e. The highest BCUT2D eigenvalue weighted by Gasteiger charge is 2.24. The van der Waals surface area contributed by atoms with Crippen LogP contribution in [0.3, 0.4) is 0 Å². The first-order valence-electron chi connectivity index (χ1n) is 9.08. The molecule has 0 bridgehead atoms. The van der Waals surface area contributed by atoms with Crippen molar-refractivity contribution in [3.63, 3.8) is 0 Å². The molecule has 1 saturated heterocycles. The maximum Gasteiger partial charge on any atom is 0.315 e. The van der Waals surface area contributed by atoms with Gasteiger partial charge in [-0.1, -0.05) is 19.3 Å². The van der Waals surface area contributed by atoms with Crippen LogP contribution >= 0.6 is 0 Å². The first kappa shape index (κ1) is 16.9. The van der Waals surface area contributed by atoms with Crippen molar-refractivity contribution in [1.82, 2.24) is 15.5 Å². The number of piperidine rings is 1. The van der Waals surface area contributed by atoms with Crippen molar-refractivity contribution >= 4 is 11.9 Å². The quantitative estimate of drug-likeness (QED) is 0.890. The van der Waals surface area contributed by atoms with Gasteiger partial charge in [-0.3, -0.25) is 4.79 Å². The SMILES string of the molecule is O=C(NCC1CCN(C(=O)c2ccoc2)CC1)NC1CCCCC1. The summed E-state index contributed by atoms with van der Waals surface area (Å²) in [5.74, 6) is 0.473. The van der Waals surface area contributed by atoms with Gasteiger partial charge in [-0.05, 0) is 37.7 Å². The molecule has 1 aromatic rings. The maximum absolute atomic E-state index is 12.2. The summed E-state index contributed by atoms with van der Waals surface area (Å²) in [5.41, 5.74) is 0.610. The van der Waals surface area contributed by atoms with Crippen LogP contribution in [0.2, 0.25) is 0 Å². The van der Waals surface area contributed by atoms with Gasteiger partial charge in [-0.25, -0.2) is 4.79 Å². The first-order chi connectivity index (χ1) is 11.7. The Bertz CT molecular complexity index is 530. The summed E-state index contributed by atoms with van der Waals surface area (Å²) in [7, 11) is 0. The number of urea groups is 1. The Morgan fingerprint density at radius 3 is 2.54 bits per heavy atom. The Labute approximate surface area is 143 Å². The third-order valence-electron chi connectivity index (χ3n) is 5.16. The van der Waals surface area contributed by atoms with E-state index in [9.17, 15) is 9.59 Å². The van der Waals surface area contributed by atoms with Crippen molar-refractivity contribution in [2.24, 2.45) is 5.92 Å². The number of nitrogens with zero attached hydrogens (tertiary/aromatic N) is 1. The van der Waals surface area contributed by atoms with Crippen LogP contribution in [0.5, 0.6) is 0 Å². The number of nitrogens with one attached hydrogen (secondary N) is 2. The van der Waals surface area contributed by atoms with E-state index < -0.39 is 0 Å². The fourth-order valence-corrected chi connectivity index (χ4v) is 3.63. The largest absolute Gasteiger partial charge is 0.472 e. The van der Waals surface area contributed by atoms with Gasteiger partial charge in [0, 0.05) is 25.7 Å². The Hall–Kier alpha value is -1.98. The van der Waals surface area contributed by atoms with Crippen molar-refractivity contribution in [1.29, 1.82) is 0 Å². The van der Waals surface area contributed by atoms with E-state index in [2.05, 4.69) is 10.6 Å². The summed E-state index contributed by atoms with van der Waals surface area (Å²) >= 11 is 0. The molecule has 1 saturated carbocycles. The molecule has 132 valence electrons. The van der Waals surface area contributed by atoms with Crippen LogP contribution in [0.4, 0.5) is 4.79 Å². The molecule has 3 amide bonds. The lowest BCUT2D eigenvalue weighted by atomic mass is 9.95. The predicted molar refractivity (Wildman–Crippen MR) is 90.7 cm³/mol. The van der Waals surface area contributed by atoms with Gasteiger partial charge in [0.15, 0.2) is 0 Å². The zero-order valence-corrected chi connectivity index (χ0v) is 14.1. The van der Waals surface area contributed by atoms with Crippen LogP contribution in [0, 0.1) is 5.92 Å². The predicted octanol–water partition coefficient (Wildman–Crippen LogP) is 2.76. The Balaban J connectivity index is 1.35. The first-order valence-corrected chi connectivity index (χ1v) is 9.08.